The lowest BCUT2D eigenvalue weighted by atomic mass is 10.2. The van der Waals surface area contributed by atoms with Crippen LogP contribution in [-0.4, -0.2) is 28.5 Å². The average molecular weight is 329 g/mol. The maximum Gasteiger partial charge on any atom is 0.235 e. The van der Waals surface area contributed by atoms with Gasteiger partial charge in [0.1, 0.15) is 16.8 Å². The summed E-state index contributed by atoms with van der Waals surface area (Å²) in [7, 11) is 0.0294. The quantitative estimate of drug-likeness (QED) is 0.798. The van der Waals surface area contributed by atoms with Crippen molar-refractivity contribution < 1.29 is 18.1 Å². The molecule has 6 heteroatoms. The van der Waals surface area contributed by atoms with Crippen LogP contribution in [0.5, 0.6) is 5.75 Å². The molecule has 124 valence electrons. The van der Waals surface area contributed by atoms with Crippen LogP contribution in [0, 0.1) is 5.82 Å². The molecular formula is C16H24FNO3S. The third-order valence-electron chi connectivity index (χ3n) is 3.41. The Morgan fingerprint density at radius 1 is 1.41 bits per heavy atom. The number of amides is 1. The van der Waals surface area contributed by atoms with Crippen LogP contribution in [-0.2, 0) is 21.3 Å². The van der Waals surface area contributed by atoms with Gasteiger partial charge in [-0.05, 0) is 38.5 Å². The molecule has 1 N–H and O–H groups in total. The fourth-order valence-corrected chi connectivity index (χ4v) is 3.21. The zero-order valence-corrected chi connectivity index (χ0v) is 14.3. The van der Waals surface area contributed by atoms with Crippen molar-refractivity contribution in [2.75, 3.05) is 7.11 Å². The molecule has 0 bridgehead atoms. The first kappa shape index (κ1) is 18.6. The van der Waals surface area contributed by atoms with Gasteiger partial charge < -0.3 is 10.1 Å². The van der Waals surface area contributed by atoms with E-state index in [1.807, 2.05) is 13.8 Å². The molecule has 4 nitrogen and oxygen atoms in total. The van der Waals surface area contributed by atoms with E-state index in [1.54, 1.807) is 6.92 Å². The van der Waals surface area contributed by atoms with E-state index in [0.717, 1.165) is 12.8 Å². The summed E-state index contributed by atoms with van der Waals surface area (Å²) in [6.07, 6.45) is 1.85. The summed E-state index contributed by atoms with van der Waals surface area (Å²) in [5.74, 6) is -0.102. The molecule has 1 amide bonds. The topological polar surface area (TPSA) is 55.4 Å². The molecule has 3 atom stereocenters. The van der Waals surface area contributed by atoms with Gasteiger partial charge in [0.05, 0.1) is 12.9 Å². The number of carbonyl (C=O) groups is 1. The van der Waals surface area contributed by atoms with E-state index in [1.165, 1.54) is 25.3 Å². The summed E-state index contributed by atoms with van der Waals surface area (Å²) in [5.41, 5.74) is 0.502. The van der Waals surface area contributed by atoms with E-state index >= 15 is 0 Å². The lowest BCUT2D eigenvalue weighted by molar-refractivity contribution is -0.121. The molecule has 1 aromatic carbocycles. The molecule has 0 aromatic heterocycles. The van der Waals surface area contributed by atoms with Crippen molar-refractivity contribution >= 4 is 16.7 Å². The summed E-state index contributed by atoms with van der Waals surface area (Å²) < 4.78 is 30.8. The minimum absolute atomic E-state index is 0.0562. The smallest absolute Gasteiger partial charge is 0.235 e. The Bertz CT molecular complexity index is 536. The molecule has 0 spiro atoms. The van der Waals surface area contributed by atoms with Crippen molar-refractivity contribution in [2.45, 2.75) is 50.7 Å². The molecule has 1 aromatic rings. The summed E-state index contributed by atoms with van der Waals surface area (Å²) in [6, 6.07) is 4.13. The predicted octanol–water partition coefficient (Wildman–Crippen LogP) is 2.78. The molecule has 0 aliphatic rings. The van der Waals surface area contributed by atoms with Crippen LogP contribution in [0.2, 0.25) is 0 Å². The van der Waals surface area contributed by atoms with Crippen molar-refractivity contribution in [3.63, 3.8) is 0 Å². The van der Waals surface area contributed by atoms with Crippen LogP contribution >= 0.6 is 0 Å². The third kappa shape index (κ3) is 5.40. The SMILES string of the molecule is CCC[C@H](C)NC(=O)[C@@H](C)[S@@](=O)Cc1cc(F)ccc1OC. The van der Waals surface area contributed by atoms with Crippen molar-refractivity contribution in [1.29, 1.82) is 0 Å². The highest BCUT2D eigenvalue weighted by atomic mass is 32.2. The Labute approximate surface area is 133 Å². The van der Waals surface area contributed by atoms with Gasteiger partial charge in [0.2, 0.25) is 5.91 Å². The molecule has 1 rings (SSSR count). The van der Waals surface area contributed by atoms with E-state index in [9.17, 15) is 13.4 Å². The number of nitrogens with one attached hydrogen (secondary N) is 1. The van der Waals surface area contributed by atoms with Crippen LogP contribution in [0.1, 0.15) is 39.2 Å². The van der Waals surface area contributed by atoms with E-state index < -0.39 is 21.9 Å². The fourth-order valence-electron chi connectivity index (χ4n) is 2.12. The molecular weight excluding hydrogens is 305 g/mol. The molecule has 0 aliphatic carbocycles. The third-order valence-corrected chi connectivity index (χ3v) is 5.01. The number of ether oxygens (including phenoxy) is 1. The highest BCUT2D eigenvalue weighted by Crippen LogP contribution is 2.21. The number of hydrogen-bond donors (Lipinski definition) is 1. The largest absolute Gasteiger partial charge is 0.496 e. The number of rotatable bonds is 8. The van der Waals surface area contributed by atoms with Crippen molar-refractivity contribution in [2.24, 2.45) is 0 Å². The maximum atomic E-state index is 13.3. The molecule has 0 heterocycles. The first-order chi connectivity index (χ1) is 10.4. The number of carbonyl (C=O) groups excluding carboxylic acids is 1. The number of halogens is 1. The van der Waals surface area contributed by atoms with Crippen molar-refractivity contribution in [3.05, 3.63) is 29.6 Å². The van der Waals surface area contributed by atoms with Crippen LogP contribution < -0.4 is 10.1 Å². The summed E-state index contributed by atoms with van der Waals surface area (Å²) in [5, 5.41) is 2.19. The Morgan fingerprint density at radius 3 is 2.68 bits per heavy atom. The van der Waals surface area contributed by atoms with Crippen LogP contribution in [0.4, 0.5) is 4.39 Å². The summed E-state index contributed by atoms with van der Waals surface area (Å²) in [4.78, 5) is 12.1. The fraction of sp³-hybridized carbons (Fsp3) is 0.562. The van der Waals surface area contributed by atoms with Gasteiger partial charge >= 0.3 is 0 Å². The Hall–Kier alpha value is -1.43. The first-order valence-corrected chi connectivity index (χ1v) is 8.77. The van der Waals surface area contributed by atoms with Gasteiger partial charge in [-0.3, -0.25) is 9.00 Å². The van der Waals surface area contributed by atoms with Gasteiger partial charge in [-0.2, -0.15) is 0 Å². The summed E-state index contributed by atoms with van der Waals surface area (Å²) >= 11 is 0. The normalized spacial score (nSPS) is 15.0. The van der Waals surface area contributed by atoms with Crippen LogP contribution in [0.25, 0.3) is 0 Å². The van der Waals surface area contributed by atoms with Gasteiger partial charge in [0.25, 0.3) is 0 Å². The van der Waals surface area contributed by atoms with Gasteiger partial charge in [0.15, 0.2) is 0 Å². The zero-order valence-electron chi connectivity index (χ0n) is 13.5. The van der Waals surface area contributed by atoms with Crippen LogP contribution in [0.15, 0.2) is 18.2 Å². The molecule has 0 unspecified atom stereocenters. The van der Waals surface area contributed by atoms with Crippen molar-refractivity contribution in [1.82, 2.24) is 5.32 Å². The first-order valence-electron chi connectivity index (χ1n) is 7.39. The number of hydrogen-bond acceptors (Lipinski definition) is 3. The van der Waals surface area contributed by atoms with Gasteiger partial charge in [-0.1, -0.05) is 13.3 Å². The van der Waals surface area contributed by atoms with E-state index in [0.29, 0.717) is 11.3 Å². The van der Waals surface area contributed by atoms with Gasteiger partial charge in [-0.25, -0.2) is 4.39 Å². The highest BCUT2D eigenvalue weighted by molar-refractivity contribution is 7.85. The Morgan fingerprint density at radius 2 is 2.09 bits per heavy atom. The lowest BCUT2D eigenvalue weighted by Crippen LogP contribution is -2.40. The average Bonchev–Trinajstić information content (AvgIpc) is 2.46. The van der Waals surface area contributed by atoms with Gasteiger partial charge in [-0.15, -0.1) is 0 Å². The molecule has 0 fully saturated rings. The van der Waals surface area contributed by atoms with E-state index in [-0.39, 0.29) is 17.7 Å². The maximum absolute atomic E-state index is 13.3. The molecule has 0 aliphatic heterocycles. The lowest BCUT2D eigenvalue weighted by Gasteiger charge is -2.17. The number of benzene rings is 1. The van der Waals surface area contributed by atoms with Gasteiger partial charge in [0, 0.05) is 22.4 Å². The minimum Gasteiger partial charge on any atom is -0.496 e. The zero-order chi connectivity index (χ0) is 16.7. The highest BCUT2D eigenvalue weighted by Gasteiger charge is 2.22. The predicted molar refractivity (Wildman–Crippen MR) is 86.8 cm³/mol. The standard InChI is InChI=1S/C16H24FNO3S/c1-5-6-11(2)18-16(19)12(3)22(20)10-13-9-14(17)7-8-15(13)21-4/h7-9,11-12H,5-6,10H2,1-4H3,(H,18,19)/t11-,12+,22-/m0/s1. The van der Waals surface area contributed by atoms with E-state index in [4.69, 9.17) is 4.74 Å². The van der Waals surface area contributed by atoms with Crippen molar-refractivity contribution in [3.8, 4) is 5.75 Å². The monoisotopic (exact) mass is 329 g/mol. The number of methoxy groups -OCH3 is 1. The second-order valence-electron chi connectivity index (χ2n) is 5.32. The second kappa shape index (κ2) is 8.88. The van der Waals surface area contributed by atoms with E-state index in [2.05, 4.69) is 5.32 Å². The van der Waals surface area contributed by atoms with Crippen LogP contribution in [0.3, 0.4) is 0 Å². The molecule has 0 radical (unpaired) electrons. The molecule has 22 heavy (non-hydrogen) atoms. The Balaban J connectivity index is 2.72. The second-order valence-corrected chi connectivity index (χ2v) is 7.08. The minimum atomic E-state index is -1.45. The molecule has 0 saturated heterocycles. The molecule has 0 saturated carbocycles. The Kier molecular flexibility index (Phi) is 7.51. The summed E-state index contributed by atoms with van der Waals surface area (Å²) in [6.45, 7) is 5.59.